The summed E-state index contributed by atoms with van der Waals surface area (Å²) in [6.45, 7) is 4.51. The van der Waals surface area contributed by atoms with Crippen LogP contribution in [0.1, 0.15) is 31.7 Å². The van der Waals surface area contributed by atoms with Gasteiger partial charge in [0, 0.05) is 19.2 Å². The number of piperidine rings is 1. The molecule has 1 fully saturated rings. The molecule has 1 saturated heterocycles. The molecule has 0 unspecified atom stereocenters. The van der Waals surface area contributed by atoms with Gasteiger partial charge in [0.2, 0.25) is 0 Å². The van der Waals surface area contributed by atoms with Crippen molar-refractivity contribution in [3.8, 4) is 5.75 Å². The number of hydrogen-bond acceptors (Lipinski definition) is 3. The van der Waals surface area contributed by atoms with E-state index in [1.807, 2.05) is 42.3 Å². The number of carbonyl (C=O) groups is 1. The van der Waals surface area contributed by atoms with Crippen LogP contribution in [0.25, 0.3) is 6.08 Å². The smallest absolute Gasteiger partial charge is 0.258 e. The van der Waals surface area contributed by atoms with Gasteiger partial charge in [0.15, 0.2) is 0 Å². The van der Waals surface area contributed by atoms with Crippen LogP contribution in [0.2, 0.25) is 0 Å². The monoisotopic (exact) mass is 274 g/mol. The molecule has 0 atom stereocenters. The third-order valence-electron chi connectivity index (χ3n) is 3.24. The Balaban J connectivity index is 1.83. The summed E-state index contributed by atoms with van der Waals surface area (Å²) in [6, 6.07) is 7.70. The average molecular weight is 274 g/mol. The second-order valence-corrected chi connectivity index (χ2v) is 4.86. The molecule has 0 aliphatic carbocycles. The van der Waals surface area contributed by atoms with Crippen molar-refractivity contribution >= 4 is 12.0 Å². The third-order valence-corrected chi connectivity index (χ3v) is 3.24. The quantitative estimate of drug-likeness (QED) is 0.839. The Labute approximate surface area is 120 Å². The summed E-state index contributed by atoms with van der Waals surface area (Å²) < 4.78 is 5.38. The number of carbonyl (C=O) groups excluding carboxylic acids is 1. The first-order valence-corrected chi connectivity index (χ1v) is 7.24. The molecule has 1 heterocycles. The summed E-state index contributed by atoms with van der Waals surface area (Å²) >= 11 is 0. The van der Waals surface area contributed by atoms with Gasteiger partial charge in [-0.2, -0.15) is 0 Å². The van der Waals surface area contributed by atoms with Gasteiger partial charge in [0.05, 0.1) is 6.61 Å². The van der Waals surface area contributed by atoms with Crippen molar-refractivity contribution in [1.82, 2.24) is 10.4 Å². The van der Waals surface area contributed by atoms with E-state index in [1.54, 1.807) is 6.08 Å². The van der Waals surface area contributed by atoms with Crippen molar-refractivity contribution in [1.29, 1.82) is 0 Å². The summed E-state index contributed by atoms with van der Waals surface area (Å²) in [4.78, 5) is 11.8. The average Bonchev–Trinajstić information content (AvgIpc) is 2.48. The molecule has 0 bridgehead atoms. The number of hydrazine groups is 1. The highest BCUT2D eigenvalue weighted by atomic mass is 16.5. The Hall–Kier alpha value is -1.81. The van der Waals surface area contributed by atoms with Gasteiger partial charge in [0.1, 0.15) is 5.75 Å². The first-order valence-electron chi connectivity index (χ1n) is 7.24. The molecular formula is C16H22N2O2. The first kappa shape index (κ1) is 14.6. The van der Waals surface area contributed by atoms with Crippen LogP contribution in [0.4, 0.5) is 0 Å². The molecule has 1 amide bonds. The highest BCUT2D eigenvalue weighted by Gasteiger charge is 2.10. The van der Waals surface area contributed by atoms with E-state index in [4.69, 9.17) is 4.74 Å². The topological polar surface area (TPSA) is 41.6 Å². The molecule has 4 nitrogen and oxygen atoms in total. The van der Waals surface area contributed by atoms with Gasteiger partial charge in [-0.25, -0.2) is 5.01 Å². The van der Waals surface area contributed by atoms with Crippen LogP contribution in [0.5, 0.6) is 5.75 Å². The molecule has 1 N–H and O–H groups in total. The Morgan fingerprint density at radius 2 is 1.95 bits per heavy atom. The number of nitrogens with one attached hydrogen (secondary N) is 1. The van der Waals surface area contributed by atoms with Crippen LogP contribution in [0.3, 0.4) is 0 Å². The molecule has 4 heteroatoms. The van der Waals surface area contributed by atoms with Crippen molar-refractivity contribution in [2.24, 2.45) is 0 Å². The molecule has 0 saturated carbocycles. The van der Waals surface area contributed by atoms with E-state index in [-0.39, 0.29) is 5.91 Å². The summed E-state index contributed by atoms with van der Waals surface area (Å²) in [5, 5.41) is 1.99. The van der Waals surface area contributed by atoms with Gasteiger partial charge in [-0.05, 0) is 43.5 Å². The van der Waals surface area contributed by atoms with E-state index >= 15 is 0 Å². The number of amides is 1. The van der Waals surface area contributed by atoms with E-state index in [9.17, 15) is 4.79 Å². The molecule has 0 radical (unpaired) electrons. The summed E-state index contributed by atoms with van der Waals surface area (Å²) in [5.74, 6) is 0.781. The lowest BCUT2D eigenvalue weighted by Gasteiger charge is -2.26. The fraction of sp³-hybridized carbons (Fsp3) is 0.438. The standard InChI is InChI=1S/C16H22N2O2/c1-2-20-15-9-6-14(7-10-15)8-11-16(19)17-18-12-4-3-5-13-18/h6-11H,2-5,12-13H2,1H3,(H,17,19)/b11-8+. The van der Waals surface area contributed by atoms with Crippen LogP contribution >= 0.6 is 0 Å². The van der Waals surface area contributed by atoms with Gasteiger partial charge < -0.3 is 4.74 Å². The van der Waals surface area contributed by atoms with Crippen molar-refractivity contribution in [2.45, 2.75) is 26.2 Å². The minimum Gasteiger partial charge on any atom is -0.494 e. The predicted octanol–water partition coefficient (Wildman–Crippen LogP) is 2.62. The molecular weight excluding hydrogens is 252 g/mol. The molecule has 1 aliphatic heterocycles. The van der Waals surface area contributed by atoms with E-state index in [1.165, 1.54) is 6.42 Å². The molecule has 108 valence electrons. The molecule has 1 aromatic carbocycles. The number of nitrogens with zero attached hydrogens (tertiary/aromatic N) is 1. The van der Waals surface area contributed by atoms with Gasteiger partial charge >= 0.3 is 0 Å². The number of ether oxygens (including phenoxy) is 1. The fourth-order valence-corrected chi connectivity index (χ4v) is 2.21. The Morgan fingerprint density at radius 3 is 2.60 bits per heavy atom. The van der Waals surface area contributed by atoms with Gasteiger partial charge in [0.25, 0.3) is 5.91 Å². The number of rotatable bonds is 5. The zero-order valence-corrected chi connectivity index (χ0v) is 12.0. The highest BCUT2D eigenvalue weighted by molar-refractivity contribution is 5.91. The predicted molar refractivity (Wildman–Crippen MR) is 80.2 cm³/mol. The second kappa shape index (κ2) is 7.70. The van der Waals surface area contributed by atoms with E-state index < -0.39 is 0 Å². The Kier molecular flexibility index (Phi) is 5.62. The van der Waals surface area contributed by atoms with Crippen molar-refractivity contribution in [3.63, 3.8) is 0 Å². The maximum atomic E-state index is 11.8. The van der Waals surface area contributed by atoms with Crippen LogP contribution in [-0.2, 0) is 4.79 Å². The third kappa shape index (κ3) is 4.70. The molecule has 1 aromatic rings. The largest absolute Gasteiger partial charge is 0.494 e. The van der Waals surface area contributed by atoms with E-state index in [2.05, 4.69) is 5.43 Å². The maximum Gasteiger partial charge on any atom is 0.258 e. The van der Waals surface area contributed by atoms with E-state index in [0.29, 0.717) is 6.61 Å². The van der Waals surface area contributed by atoms with Crippen LogP contribution in [0.15, 0.2) is 30.3 Å². The Morgan fingerprint density at radius 1 is 1.25 bits per heavy atom. The normalized spacial score (nSPS) is 16.2. The molecule has 0 aromatic heterocycles. The maximum absolute atomic E-state index is 11.8. The van der Waals surface area contributed by atoms with Gasteiger partial charge in [-0.1, -0.05) is 18.6 Å². The molecule has 0 spiro atoms. The first-order chi connectivity index (χ1) is 9.78. The molecule has 2 rings (SSSR count). The van der Waals surface area contributed by atoms with Gasteiger partial charge in [-0.15, -0.1) is 0 Å². The minimum atomic E-state index is -0.0687. The second-order valence-electron chi connectivity index (χ2n) is 4.86. The number of hydrogen-bond donors (Lipinski definition) is 1. The Bertz CT molecular complexity index is 448. The zero-order valence-electron chi connectivity index (χ0n) is 12.0. The lowest BCUT2D eigenvalue weighted by atomic mass is 10.2. The molecule has 1 aliphatic rings. The van der Waals surface area contributed by atoms with Crippen LogP contribution < -0.4 is 10.2 Å². The van der Waals surface area contributed by atoms with Crippen LogP contribution in [-0.4, -0.2) is 30.6 Å². The lowest BCUT2D eigenvalue weighted by Crippen LogP contribution is -2.44. The number of benzene rings is 1. The summed E-state index contributed by atoms with van der Waals surface area (Å²) in [6.07, 6.45) is 6.96. The van der Waals surface area contributed by atoms with Crippen molar-refractivity contribution in [2.75, 3.05) is 19.7 Å². The van der Waals surface area contributed by atoms with Crippen molar-refractivity contribution < 1.29 is 9.53 Å². The minimum absolute atomic E-state index is 0.0687. The highest BCUT2D eigenvalue weighted by Crippen LogP contribution is 2.13. The fourth-order valence-electron chi connectivity index (χ4n) is 2.21. The van der Waals surface area contributed by atoms with E-state index in [0.717, 1.165) is 37.2 Å². The molecule has 20 heavy (non-hydrogen) atoms. The summed E-state index contributed by atoms with van der Waals surface area (Å²) in [5.41, 5.74) is 3.89. The van der Waals surface area contributed by atoms with Crippen molar-refractivity contribution in [3.05, 3.63) is 35.9 Å². The van der Waals surface area contributed by atoms with Crippen LogP contribution in [0, 0.1) is 0 Å². The zero-order chi connectivity index (χ0) is 14.2. The summed E-state index contributed by atoms with van der Waals surface area (Å²) in [7, 11) is 0. The SMILES string of the molecule is CCOc1ccc(/C=C/C(=O)NN2CCCCC2)cc1. The lowest BCUT2D eigenvalue weighted by molar-refractivity contribution is -0.121. The van der Waals surface area contributed by atoms with Gasteiger partial charge in [-0.3, -0.25) is 10.2 Å².